The van der Waals surface area contributed by atoms with Crippen molar-refractivity contribution in [3.63, 3.8) is 0 Å². The molecule has 0 saturated heterocycles. The molecule has 0 amide bonds. The van der Waals surface area contributed by atoms with Crippen LogP contribution in [0, 0.1) is 35.0 Å². The Labute approximate surface area is 194 Å². The molecule has 3 rings (SSSR count). The molecule has 0 aromatic rings. The van der Waals surface area contributed by atoms with Gasteiger partial charge in [-0.05, 0) is 80.5 Å². The highest BCUT2D eigenvalue weighted by atomic mass is 16.1. The summed E-state index contributed by atoms with van der Waals surface area (Å²) >= 11 is 0. The van der Waals surface area contributed by atoms with E-state index in [1.165, 1.54) is 141 Å². The molecule has 1 unspecified atom stereocenters. The van der Waals surface area contributed by atoms with Gasteiger partial charge in [-0.2, -0.15) is 0 Å². The van der Waals surface area contributed by atoms with Gasteiger partial charge in [0.15, 0.2) is 0 Å². The predicted molar refractivity (Wildman–Crippen MR) is 134 cm³/mol. The van der Waals surface area contributed by atoms with E-state index in [0.717, 1.165) is 17.8 Å². The maximum Gasteiger partial charge on any atom is 0.123 e. The van der Waals surface area contributed by atoms with E-state index < -0.39 is 0 Å². The topological polar surface area (TPSA) is 17.1 Å². The number of carbonyl (C=O) groups excluding carboxylic acids is 1. The summed E-state index contributed by atoms with van der Waals surface area (Å²) < 4.78 is 0. The molecule has 0 spiro atoms. The normalized spacial score (nSPS) is 33.8. The van der Waals surface area contributed by atoms with Crippen LogP contribution in [0.5, 0.6) is 0 Å². The van der Waals surface area contributed by atoms with E-state index >= 15 is 0 Å². The Bertz CT molecular complexity index is 475. The van der Waals surface area contributed by atoms with Crippen LogP contribution >= 0.6 is 0 Å². The summed E-state index contributed by atoms with van der Waals surface area (Å²) in [6.45, 7) is 4.64. The molecule has 0 heterocycles. The van der Waals surface area contributed by atoms with Crippen molar-refractivity contribution in [2.24, 2.45) is 35.0 Å². The quantitative estimate of drug-likeness (QED) is 0.222. The van der Waals surface area contributed by atoms with Gasteiger partial charge in [-0.1, -0.05) is 97.3 Å². The van der Waals surface area contributed by atoms with Crippen LogP contribution in [0.1, 0.15) is 149 Å². The summed E-state index contributed by atoms with van der Waals surface area (Å²) in [6, 6.07) is 0. The van der Waals surface area contributed by atoms with E-state index in [-0.39, 0.29) is 0 Å². The Hall–Kier alpha value is -0.330. The predicted octanol–water partition coefficient (Wildman–Crippen LogP) is 9.53. The standard InChI is InChI=1S/C30H54O/c1-3-5-8-12-25-16-18-27(19-17-25)29(24-31)30(28-14-10-7-11-15-28)22-20-26(21-23-30)13-9-6-4-2/h24-29H,3-23H2,1-2H3. The van der Waals surface area contributed by atoms with Crippen molar-refractivity contribution in [3.8, 4) is 0 Å². The zero-order chi connectivity index (χ0) is 21.9. The molecule has 31 heavy (non-hydrogen) atoms. The molecule has 0 bridgehead atoms. The third kappa shape index (κ3) is 6.83. The van der Waals surface area contributed by atoms with Crippen molar-refractivity contribution in [2.75, 3.05) is 0 Å². The highest BCUT2D eigenvalue weighted by Gasteiger charge is 2.49. The van der Waals surface area contributed by atoms with E-state index in [0.29, 0.717) is 17.3 Å². The first-order valence-electron chi connectivity index (χ1n) is 14.7. The van der Waals surface area contributed by atoms with Gasteiger partial charge in [0.1, 0.15) is 6.29 Å². The summed E-state index contributed by atoms with van der Waals surface area (Å²) in [5, 5.41) is 0. The highest BCUT2D eigenvalue weighted by Crippen LogP contribution is 2.57. The van der Waals surface area contributed by atoms with Gasteiger partial charge in [0, 0.05) is 5.92 Å². The van der Waals surface area contributed by atoms with Gasteiger partial charge in [-0.25, -0.2) is 0 Å². The van der Waals surface area contributed by atoms with Gasteiger partial charge in [0.2, 0.25) is 0 Å². The van der Waals surface area contributed by atoms with Crippen LogP contribution in [0.25, 0.3) is 0 Å². The van der Waals surface area contributed by atoms with E-state index in [1.54, 1.807) is 0 Å². The summed E-state index contributed by atoms with van der Waals surface area (Å²) in [7, 11) is 0. The Morgan fingerprint density at radius 3 is 1.77 bits per heavy atom. The van der Waals surface area contributed by atoms with Gasteiger partial charge < -0.3 is 4.79 Å². The van der Waals surface area contributed by atoms with Gasteiger partial charge in [-0.3, -0.25) is 0 Å². The van der Waals surface area contributed by atoms with Gasteiger partial charge in [0.25, 0.3) is 0 Å². The molecule has 0 aromatic carbocycles. The smallest absolute Gasteiger partial charge is 0.123 e. The van der Waals surface area contributed by atoms with Crippen LogP contribution < -0.4 is 0 Å². The van der Waals surface area contributed by atoms with Crippen molar-refractivity contribution in [1.82, 2.24) is 0 Å². The van der Waals surface area contributed by atoms with Crippen molar-refractivity contribution in [3.05, 3.63) is 0 Å². The van der Waals surface area contributed by atoms with Crippen LogP contribution in [-0.2, 0) is 4.79 Å². The minimum Gasteiger partial charge on any atom is -0.303 e. The zero-order valence-corrected chi connectivity index (χ0v) is 21.2. The maximum absolute atomic E-state index is 12.7. The molecule has 1 nitrogen and oxygen atoms in total. The maximum atomic E-state index is 12.7. The Kier molecular flexibility index (Phi) is 10.9. The van der Waals surface area contributed by atoms with Crippen molar-refractivity contribution in [2.45, 2.75) is 149 Å². The first-order chi connectivity index (χ1) is 15.2. The average molecular weight is 431 g/mol. The fourth-order valence-corrected chi connectivity index (χ4v) is 8.11. The Morgan fingerprint density at radius 1 is 0.710 bits per heavy atom. The van der Waals surface area contributed by atoms with E-state index in [9.17, 15) is 4.79 Å². The fourth-order valence-electron chi connectivity index (χ4n) is 8.11. The van der Waals surface area contributed by atoms with Crippen LogP contribution in [-0.4, -0.2) is 6.29 Å². The molecule has 0 N–H and O–H groups in total. The highest BCUT2D eigenvalue weighted by molar-refractivity contribution is 5.56. The summed E-state index contributed by atoms with van der Waals surface area (Å²) in [5.74, 6) is 3.80. The number of hydrogen-bond donors (Lipinski definition) is 0. The monoisotopic (exact) mass is 430 g/mol. The SMILES string of the molecule is CCCCCC1CCC(C(C=O)C2(C3CCCCC3)CCC(CCCCC)CC2)CC1. The Morgan fingerprint density at radius 2 is 1.26 bits per heavy atom. The number of carbonyl (C=O) groups is 1. The Balaban J connectivity index is 1.63. The molecular formula is C30H54O. The minimum absolute atomic E-state index is 0.364. The molecule has 3 aliphatic carbocycles. The van der Waals surface area contributed by atoms with Crippen LogP contribution in [0.3, 0.4) is 0 Å². The van der Waals surface area contributed by atoms with Crippen LogP contribution in [0.15, 0.2) is 0 Å². The second-order valence-electron chi connectivity index (χ2n) is 11.9. The molecule has 3 aliphatic rings. The molecule has 0 aromatic heterocycles. The molecule has 1 atom stereocenters. The second-order valence-corrected chi connectivity index (χ2v) is 11.9. The first-order valence-corrected chi connectivity index (χ1v) is 14.7. The molecular weight excluding hydrogens is 376 g/mol. The van der Waals surface area contributed by atoms with Crippen molar-refractivity contribution in [1.29, 1.82) is 0 Å². The lowest BCUT2D eigenvalue weighted by Gasteiger charge is -2.53. The van der Waals surface area contributed by atoms with Crippen LogP contribution in [0.4, 0.5) is 0 Å². The summed E-state index contributed by atoms with van der Waals surface area (Å²) in [5.41, 5.74) is 0.364. The molecule has 0 aliphatic heterocycles. The first kappa shape index (κ1) is 25.3. The van der Waals surface area contributed by atoms with Crippen molar-refractivity contribution >= 4 is 6.29 Å². The third-order valence-electron chi connectivity index (χ3n) is 10.1. The van der Waals surface area contributed by atoms with Crippen LogP contribution in [0.2, 0.25) is 0 Å². The number of unbranched alkanes of at least 4 members (excludes halogenated alkanes) is 4. The largest absolute Gasteiger partial charge is 0.303 e. The number of hydrogen-bond acceptors (Lipinski definition) is 1. The number of aldehydes is 1. The van der Waals surface area contributed by atoms with Crippen molar-refractivity contribution < 1.29 is 4.79 Å². The summed E-state index contributed by atoms with van der Waals surface area (Å²) in [6.07, 6.45) is 30.9. The molecule has 3 fully saturated rings. The molecule has 180 valence electrons. The molecule has 1 heteroatoms. The fraction of sp³-hybridized carbons (Fsp3) is 0.967. The van der Waals surface area contributed by atoms with E-state index in [1.807, 2.05) is 0 Å². The lowest BCUT2D eigenvalue weighted by molar-refractivity contribution is -0.125. The molecule has 3 saturated carbocycles. The van der Waals surface area contributed by atoms with Gasteiger partial charge >= 0.3 is 0 Å². The average Bonchev–Trinajstić information content (AvgIpc) is 2.82. The van der Waals surface area contributed by atoms with E-state index in [4.69, 9.17) is 0 Å². The third-order valence-corrected chi connectivity index (χ3v) is 10.1. The van der Waals surface area contributed by atoms with Gasteiger partial charge in [0.05, 0.1) is 0 Å². The second kappa shape index (κ2) is 13.4. The lowest BCUT2D eigenvalue weighted by Crippen LogP contribution is -2.46. The molecule has 0 radical (unpaired) electrons. The minimum atomic E-state index is 0.364. The lowest BCUT2D eigenvalue weighted by atomic mass is 9.51. The zero-order valence-electron chi connectivity index (χ0n) is 21.2. The number of rotatable bonds is 12. The summed E-state index contributed by atoms with van der Waals surface area (Å²) in [4.78, 5) is 12.7. The van der Waals surface area contributed by atoms with E-state index in [2.05, 4.69) is 13.8 Å². The van der Waals surface area contributed by atoms with Gasteiger partial charge in [-0.15, -0.1) is 0 Å².